The van der Waals surface area contributed by atoms with Crippen LogP contribution < -0.4 is 5.32 Å². The first kappa shape index (κ1) is 20.0. The molecule has 4 heterocycles. The normalized spacial score (nSPS) is 18.0. The number of rotatable bonds is 3. The lowest BCUT2D eigenvalue weighted by atomic mass is 10.2. The van der Waals surface area contributed by atoms with E-state index in [-0.39, 0.29) is 24.0 Å². The number of nitrogens with zero attached hydrogens (tertiary/aromatic N) is 3. The van der Waals surface area contributed by atoms with Gasteiger partial charge in [-0.1, -0.05) is 11.6 Å². The van der Waals surface area contributed by atoms with E-state index in [1.807, 2.05) is 0 Å². The van der Waals surface area contributed by atoms with Crippen molar-refractivity contribution in [1.29, 1.82) is 0 Å². The maximum absolute atomic E-state index is 13.1. The average molecular weight is 466 g/mol. The Kier molecular flexibility index (Phi) is 5.06. The molecule has 2 aliphatic rings. The van der Waals surface area contributed by atoms with Crippen LogP contribution in [-0.4, -0.2) is 66.2 Å². The molecule has 2 N–H and O–H groups in total. The molecule has 0 atom stereocenters. The van der Waals surface area contributed by atoms with Crippen molar-refractivity contribution in [2.24, 2.45) is 0 Å². The monoisotopic (exact) mass is 465 g/mol. The summed E-state index contributed by atoms with van der Waals surface area (Å²) in [5, 5.41) is 5.22. The quantitative estimate of drug-likeness (QED) is 0.617. The van der Waals surface area contributed by atoms with Crippen LogP contribution in [0.25, 0.3) is 10.9 Å². The first-order chi connectivity index (χ1) is 14.4. The maximum atomic E-state index is 13.1. The molecule has 0 unspecified atom stereocenters. The first-order valence-electron chi connectivity index (χ1n) is 9.69. The predicted octanol–water partition coefficient (Wildman–Crippen LogP) is 2.07. The van der Waals surface area contributed by atoms with Gasteiger partial charge in [-0.25, -0.2) is 13.4 Å². The second kappa shape index (κ2) is 7.61. The largest absolute Gasteiger partial charge is 0.345 e. The molecule has 158 valence electrons. The van der Waals surface area contributed by atoms with Gasteiger partial charge in [0.25, 0.3) is 15.9 Å². The fourth-order valence-electron chi connectivity index (χ4n) is 3.84. The van der Waals surface area contributed by atoms with Crippen molar-refractivity contribution in [2.45, 2.75) is 18.0 Å². The number of aromatic nitrogens is 2. The molecule has 2 aliphatic heterocycles. The number of sulfonamides is 1. The molecule has 0 spiro atoms. The van der Waals surface area contributed by atoms with Gasteiger partial charge in [-0.05, 0) is 24.3 Å². The Hall–Kier alpha value is -1.98. The second-order valence-electron chi connectivity index (χ2n) is 7.38. The highest BCUT2D eigenvalue weighted by atomic mass is 35.5. The van der Waals surface area contributed by atoms with Crippen LogP contribution >= 0.6 is 22.9 Å². The van der Waals surface area contributed by atoms with E-state index in [0.29, 0.717) is 28.6 Å². The highest BCUT2D eigenvalue weighted by Crippen LogP contribution is 2.26. The van der Waals surface area contributed by atoms with Crippen LogP contribution in [0.3, 0.4) is 0 Å². The third-order valence-electron chi connectivity index (χ3n) is 5.49. The van der Waals surface area contributed by atoms with Gasteiger partial charge in [0, 0.05) is 66.5 Å². The summed E-state index contributed by atoms with van der Waals surface area (Å²) in [5.41, 5.74) is 1.72. The van der Waals surface area contributed by atoms with Crippen molar-refractivity contribution >= 4 is 49.8 Å². The molecular weight excluding hydrogens is 446 g/mol. The van der Waals surface area contributed by atoms with E-state index in [2.05, 4.69) is 15.3 Å². The number of fused-ring (bicyclic) bond motifs is 2. The van der Waals surface area contributed by atoms with E-state index < -0.39 is 10.0 Å². The number of piperazine rings is 1. The molecule has 1 saturated heterocycles. The summed E-state index contributed by atoms with van der Waals surface area (Å²) in [5.74, 6) is -0.119. The number of carbonyl (C=O) groups is 1. The number of benzene rings is 1. The molecule has 8 nitrogen and oxygen atoms in total. The van der Waals surface area contributed by atoms with E-state index in [1.165, 1.54) is 15.6 Å². The summed E-state index contributed by atoms with van der Waals surface area (Å²) in [6.45, 7) is 2.80. The molecule has 1 aromatic carbocycles. The first-order valence-corrected chi connectivity index (χ1v) is 12.3. The van der Waals surface area contributed by atoms with Gasteiger partial charge < -0.3 is 15.2 Å². The van der Waals surface area contributed by atoms with Gasteiger partial charge in [-0.3, -0.25) is 4.79 Å². The number of carbonyl (C=O) groups excluding carboxylic acids is 1. The Morgan fingerprint density at radius 3 is 2.73 bits per heavy atom. The van der Waals surface area contributed by atoms with Crippen LogP contribution in [-0.2, 0) is 23.0 Å². The smallest absolute Gasteiger partial charge is 0.282 e. The average Bonchev–Trinajstić information content (AvgIpc) is 3.37. The topological polar surface area (TPSA) is 98.4 Å². The zero-order valence-corrected chi connectivity index (χ0v) is 18.4. The van der Waals surface area contributed by atoms with Crippen molar-refractivity contribution in [3.8, 4) is 0 Å². The summed E-state index contributed by atoms with van der Waals surface area (Å²) < 4.78 is 27.5. The van der Waals surface area contributed by atoms with Gasteiger partial charge in [-0.15, -0.1) is 11.3 Å². The Balaban J connectivity index is 1.29. The third-order valence-corrected chi connectivity index (χ3v) is 8.63. The highest BCUT2D eigenvalue weighted by Gasteiger charge is 2.32. The Labute approximate surface area is 182 Å². The molecule has 0 saturated carbocycles. The van der Waals surface area contributed by atoms with Crippen LogP contribution in [0.4, 0.5) is 0 Å². The Bertz CT molecular complexity index is 1200. The molecule has 3 aromatic rings. The number of hydrogen-bond acceptors (Lipinski definition) is 6. The van der Waals surface area contributed by atoms with E-state index in [0.717, 1.165) is 35.5 Å². The van der Waals surface area contributed by atoms with E-state index >= 15 is 0 Å². The maximum Gasteiger partial charge on any atom is 0.282 e. The minimum atomic E-state index is -3.68. The van der Waals surface area contributed by atoms with Crippen LogP contribution in [0, 0.1) is 0 Å². The summed E-state index contributed by atoms with van der Waals surface area (Å²) >= 11 is 7.43. The van der Waals surface area contributed by atoms with Gasteiger partial charge in [0.15, 0.2) is 5.01 Å². The lowest BCUT2D eigenvalue weighted by Gasteiger charge is -2.33. The fourth-order valence-corrected chi connectivity index (χ4v) is 6.50. The molecule has 5 rings (SSSR count). The van der Waals surface area contributed by atoms with Gasteiger partial charge in [-0.2, -0.15) is 4.31 Å². The Morgan fingerprint density at radius 2 is 1.97 bits per heavy atom. The number of H-pyrrole nitrogens is 1. The van der Waals surface area contributed by atoms with Gasteiger partial charge in [0.05, 0.1) is 5.69 Å². The molecule has 0 aliphatic carbocycles. The van der Waals surface area contributed by atoms with Crippen molar-refractivity contribution in [3.05, 3.63) is 44.9 Å². The van der Waals surface area contributed by atoms with Crippen molar-refractivity contribution in [2.75, 3.05) is 32.7 Å². The van der Waals surface area contributed by atoms with Crippen LogP contribution in [0.15, 0.2) is 29.3 Å². The summed E-state index contributed by atoms with van der Waals surface area (Å²) in [6.07, 6.45) is 0.834. The standard InChI is InChI=1S/C19H20ClN5O3S2/c20-13-1-2-14-12(9-13)10-17(22-14)30(27,28)25-7-5-24(6-8-25)19(26)18-23-15-3-4-21-11-16(15)29-18/h1-2,9-10,21-22H,3-8,11H2. The number of aromatic amines is 1. The zero-order chi connectivity index (χ0) is 20.9. The highest BCUT2D eigenvalue weighted by molar-refractivity contribution is 7.89. The number of amides is 1. The van der Waals surface area contributed by atoms with Crippen molar-refractivity contribution in [3.63, 3.8) is 0 Å². The van der Waals surface area contributed by atoms with Crippen LogP contribution in [0.2, 0.25) is 5.02 Å². The number of thiazole rings is 1. The second-order valence-corrected chi connectivity index (χ2v) is 10.8. The van der Waals surface area contributed by atoms with Gasteiger partial charge in [0.2, 0.25) is 0 Å². The lowest BCUT2D eigenvalue weighted by Crippen LogP contribution is -2.50. The fraction of sp³-hybridized carbons (Fsp3) is 0.368. The molecule has 1 fully saturated rings. The lowest BCUT2D eigenvalue weighted by molar-refractivity contribution is 0.0697. The van der Waals surface area contributed by atoms with Gasteiger partial charge >= 0.3 is 0 Å². The molecule has 1 amide bonds. The number of nitrogens with one attached hydrogen (secondary N) is 2. The molecule has 30 heavy (non-hydrogen) atoms. The summed E-state index contributed by atoms with van der Waals surface area (Å²) in [4.78, 5) is 23.1. The zero-order valence-electron chi connectivity index (χ0n) is 16.0. The van der Waals surface area contributed by atoms with Crippen LogP contribution in [0.5, 0.6) is 0 Å². The predicted molar refractivity (Wildman–Crippen MR) is 115 cm³/mol. The Morgan fingerprint density at radius 1 is 1.17 bits per heavy atom. The van der Waals surface area contributed by atoms with E-state index in [9.17, 15) is 13.2 Å². The number of halogens is 1. The summed E-state index contributed by atoms with van der Waals surface area (Å²) in [7, 11) is -3.68. The van der Waals surface area contributed by atoms with Crippen LogP contribution in [0.1, 0.15) is 20.4 Å². The molecular formula is C19H20ClN5O3S2. The molecule has 0 radical (unpaired) electrons. The van der Waals surface area contributed by atoms with E-state index in [1.54, 1.807) is 29.2 Å². The molecule has 2 aromatic heterocycles. The molecule has 0 bridgehead atoms. The SMILES string of the molecule is O=C(c1nc2c(s1)CNCC2)N1CCN(S(=O)(=O)c2cc3cc(Cl)ccc3[nH]2)CC1. The van der Waals surface area contributed by atoms with E-state index in [4.69, 9.17) is 11.6 Å². The minimum Gasteiger partial charge on any atom is -0.345 e. The minimum absolute atomic E-state index is 0.119. The van der Waals surface area contributed by atoms with Crippen molar-refractivity contribution in [1.82, 2.24) is 24.5 Å². The van der Waals surface area contributed by atoms with Gasteiger partial charge in [0.1, 0.15) is 5.03 Å². The summed E-state index contributed by atoms with van der Waals surface area (Å²) in [6, 6.07) is 6.80. The number of hydrogen-bond donors (Lipinski definition) is 2. The molecule has 11 heteroatoms. The third kappa shape index (κ3) is 3.52. The van der Waals surface area contributed by atoms with Crippen molar-refractivity contribution < 1.29 is 13.2 Å².